The van der Waals surface area contributed by atoms with Crippen LogP contribution in [0.25, 0.3) is 0 Å². The monoisotopic (exact) mass is 265 g/mol. The number of carbonyl (C=O) groups is 1. The van der Waals surface area contributed by atoms with Crippen molar-refractivity contribution in [2.45, 2.75) is 42.7 Å². The largest absolute Gasteiger partial charge is 0.391 e. The van der Waals surface area contributed by atoms with Gasteiger partial charge in [-0.1, -0.05) is 25.0 Å². The Labute approximate surface area is 112 Å². The van der Waals surface area contributed by atoms with Gasteiger partial charge in [-0.2, -0.15) is 0 Å². The molecule has 0 heterocycles. The van der Waals surface area contributed by atoms with Crippen LogP contribution in [0.5, 0.6) is 0 Å². The summed E-state index contributed by atoms with van der Waals surface area (Å²) >= 11 is 1.56. The SMILES string of the molecule is CSc1ccccc1C(=O)NC1CCCCC1O. The summed E-state index contributed by atoms with van der Waals surface area (Å²) in [6.07, 6.45) is 5.34. The maximum atomic E-state index is 12.2. The Kier molecular flexibility index (Phi) is 4.66. The summed E-state index contributed by atoms with van der Waals surface area (Å²) in [5.41, 5.74) is 0.697. The highest BCUT2D eigenvalue weighted by Crippen LogP contribution is 2.22. The zero-order valence-corrected chi connectivity index (χ0v) is 11.4. The molecular weight excluding hydrogens is 246 g/mol. The third-order valence-electron chi connectivity index (χ3n) is 3.40. The first kappa shape index (κ1) is 13.4. The molecule has 2 rings (SSSR count). The summed E-state index contributed by atoms with van der Waals surface area (Å²) in [5, 5.41) is 12.8. The quantitative estimate of drug-likeness (QED) is 0.825. The molecule has 1 amide bonds. The predicted octanol–water partition coefficient (Wildman–Crippen LogP) is 2.44. The molecule has 18 heavy (non-hydrogen) atoms. The number of amides is 1. The average Bonchev–Trinajstić information content (AvgIpc) is 2.41. The molecule has 1 aromatic rings. The fourth-order valence-corrected chi connectivity index (χ4v) is 2.95. The Morgan fingerprint density at radius 3 is 2.78 bits per heavy atom. The van der Waals surface area contributed by atoms with Crippen molar-refractivity contribution in [3.8, 4) is 0 Å². The van der Waals surface area contributed by atoms with Crippen molar-refractivity contribution < 1.29 is 9.90 Å². The lowest BCUT2D eigenvalue weighted by Gasteiger charge is -2.28. The normalized spacial score (nSPS) is 23.7. The molecule has 98 valence electrons. The molecule has 0 bridgehead atoms. The van der Waals surface area contributed by atoms with Gasteiger partial charge in [-0.3, -0.25) is 4.79 Å². The van der Waals surface area contributed by atoms with E-state index in [0.717, 1.165) is 30.6 Å². The molecule has 1 aromatic carbocycles. The van der Waals surface area contributed by atoms with Gasteiger partial charge in [0.2, 0.25) is 0 Å². The van der Waals surface area contributed by atoms with Crippen molar-refractivity contribution >= 4 is 17.7 Å². The van der Waals surface area contributed by atoms with Gasteiger partial charge in [0.1, 0.15) is 0 Å². The van der Waals surface area contributed by atoms with Gasteiger partial charge in [0, 0.05) is 4.90 Å². The molecule has 1 fully saturated rings. The molecule has 0 aromatic heterocycles. The molecule has 4 heteroatoms. The summed E-state index contributed by atoms with van der Waals surface area (Å²) in [7, 11) is 0. The number of nitrogens with one attached hydrogen (secondary N) is 1. The number of carbonyl (C=O) groups excluding carboxylic acids is 1. The van der Waals surface area contributed by atoms with Gasteiger partial charge >= 0.3 is 0 Å². The zero-order valence-electron chi connectivity index (χ0n) is 10.6. The molecule has 1 saturated carbocycles. The molecule has 0 radical (unpaired) electrons. The second-order valence-corrected chi connectivity index (χ2v) is 5.48. The molecular formula is C14H19NO2S. The number of rotatable bonds is 3. The summed E-state index contributed by atoms with van der Waals surface area (Å²) in [5.74, 6) is -0.0779. The Morgan fingerprint density at radius 1 is 1.33 bits per heavy atom. The lowest BCUT2D eigenvalue weighted by molar-refractivity contribution is 0.0715. The Bertz CT molecular complexity index is 422. The molecule has 0 spiro atoms. The van der Waals surface area contributed by atoms with Gasteiger partial charge in [-0.25, -0.2) is 0 Å². The van der Waals surface area contributed by atoms with E-state index in [1.807, 2.05) is 30.5 Å². The van der Waals surface area contributed by atoms with Crippen LogP contribution in [0.3, 0.4) is 0 Å². The van der Waals surface area contributed by atoms with Gasteiger partial charge in [0.25, 0.3) is 5.91 Å². The molecule has 2 atom stereocenters. The Morgan fingerprint density at radius 2 is 2.06 bits per heavy atom. The molecule has 1 aliphatic carbocycles. The maximum Gasteiger partial charge on any atom is 0.252 e. The van der Waals surface area contributed by atoms with Gasteiger partial charge < -0.3 is 10.4 Å². The molecule has 3 nitrogen and oxygen atoms in total. The minimum atomic E-state index is -0.399. The smallest absolute Gasteiger partial charge is 0.252 e. The van der Waals surface area contributed by atoms with E-state index in [4.69, 9.17) is 0 Å². The van der Waals surface area contributed by atoms with Crippen LogP contribution in [0.2, 0.25) is 0 Å². The van der Waals surface area contributed by atoms with Crippen molar-refractivity contribution in [2.75, 3.05) is 6.26 Å². The van der Waals surface area contributed by atoms with Crippen LogP contribution < -0.4 is 5.32 Å². The summed E-state index contributed by atoms with van der Waals surface area (Å²) in [4.78, 5) is 13.2. The van der Waals surface area contributed by atoms with E-state index >= 15 is 0 Å². The number of aliphatic hydroxyl groups excluding tert-OH is 1. The topological polar surface area (TPSA) is 49.3 Å². The van der Waals surface area contributed by atoms with Crippen molar-refractivity contribution in [3.63, 3.8) is 0 Å². The number of thioether (sulfide) groups is 1. The van der Waals surface area contributed by atoms with E-state index in [1.165, 1.54) is 0 Å². The third-order valence-corrected chi connectivity index (χ3v) is 4.19. The number of aliphatic hydroxyl groups is 1. The summed E-state index contributed by atoms with van der Waals surface area (Å²) in [6.45, 7) is 0. The average molecular weight is 265 g/mol. The molecule has 0 saturated heterocycles. The minimum absolute atomic E-state index is 0.0779. The van der Waals surface area contributed by atoms with Crippen LogP contribution in [-0.2, 0) is 0 Å². The first-order valence-corrected chi connectivity index (χ1v) is 7.57. The van der Waals surface area contributed by atoms with Crippen molar-refractivity contribution in [3.05, 3.63) is 29.8 Å². The van der Waals surface area contributed by atoms with Gasteiger partial charge in [-0.05, 0) is 31.2 Å². The van der Waals surface area contributed by atoms with Crippen LogP contribution in [0.4, 0.5) is 0 Å². The highest BCUT2D eigenvalue weighted by atomic mass is 32.2. The van der Waals surface area contributed by atoms with E-state index in [0.29, 0.717) is 5.56 Å². The van der Waals surface area contributed by atoms with E-state index in [-0.39, 0.29) is 11.9 Å². The summed E-state index contributed by atoms with van der Waals surface area (Å²) < 4.78 is 0. The van der Waals surface area contributed by atoms with E-state index < -0.39 is 6.10 Å². The number of benzene rings is 1. The highest BCUT2D eigenvalue weighted by Gasteiger charge is 2.25. The van der Waals surface area contributed by atoms with Crippen molar-refractivity contribution in [1.82, 2.24) is 5.32 Å². The van der Waals surface area contributed by atoms with Gasteiger partial charge in [0.15, 0.2) is 0 Å². The van der Waals surface area contributed by atoms with E-state index in [2.05, 4.69) is 5.32 Å². The highest BCUT2D eigenvalue weighted by molar-refractivity contribution is 7.98. The van der Waals surface area contributed by atoms with E-state index in [1.54, 1.807) is 11.8 Å². The fraction of sp³-hybridized carbons (Fsp3) is 0.500. The number of hydrogen-bond acceptors (Lipinski definition) is 3. The van der Waals surface area contributed by atoms with Crippen LogP contribution in [0, 0.1) is 0 Å². The second-order valence-electron chi connectivity index (χ2n) is 4.63. The van der Waals surface area contributed by atoms with E-state index in [9.17, 15) is 9.90 Å². The predicted molar refractivity (Wildman–Crippen MR) is 74.0 cm³/mol. The Balaban J connectivity index is 2.07. The maximum absolute atomic E-state index is 12.2. The number of hydrogen-bond donors (Lipinski definition) is 2. The van der Waals surface area contributed by atoms with Crippen LogP contribution in [0.15, 0.2) is 29.2 Å². The first-order chi connectivity index (χ1) is 8.72. The van der Waals surface area contributed by atoms with Crippen molar-refractivity contribution in [2.24, 2.45) is 0 Å². The molecule has 1 aliphatic rings. The van der Waals surface area contributed by atoms with Gasteiger partial charge in [-0.15, -0.1) is 11.8 Å². The lowest BCUT2D eigenvalue weighted by atomic mass is 9.92. The lowest BCUT2D eigenvalue weighted by Crippen LogP contribution is -2.45. The Hall–Kier alpha value is -1.00. The van der Waals surface area contributed by atoms with Gasteiger partial charge in [0.05, 0.1) is 17.7 Å². The molecule has 0 aliphatic heterocycles. The third kappa shape index (κ3) is 3.06. The fourth-order valence-electron chi connectivity index (χ4n) is 2.36. The minimum Gasteiger partial charge on any atom is -0.391 e. The second kappa shape index (κ2) is 6.25. The first-order valence-electron chi connectivity index (χ1n) is 6.34. The zero-order chi connectivity index (χ0) is 13.0. The van der Waals surface area contributed by atoms with Crippen LogP contribution in [-0.4, -0.2) is 29.4 Å². The van der Waals surface area contributed by atoms with Crippen LogP contribution >= 0.6 is 11.8 Å². The summed E-state index contributed by atoms with van der Waals surface area (Å²) in [6, 6.07) is 7.47. The molecule has 2 unspecified atom stereocenters. The molecule has 2 N–H and O–H groups in total. The van der Waals surface area contributed by atoms with Crippen LogP contribution in [0.1, 0.15) is 36.0 Å². The van der Waals surface area contributed by atoms with Crippen molar-refractivity contribution in [1.29, 1.82) is 0 Å². The standard InChI is InChI=1S/C14H19NO2S/c1-18-13-9-5-2-6-10(13)14(17)15-11-7-3-4-8-12(11)16/h2,5-6,9,11-12,16H,3-4,7-8H2,1H3,(H,15,17).